The smallest absolute Gasteiger partial charge is 0.0414 e. The molecule has 0 spiro atoms. The molecule has 0 radical (unpaired) electrons. The van der Waals surface area contributed by atoms with Crippen molar-refractivity contribution < 1.29 is 0 Å². The number of rotatable bonds is 2. The third kappa shape index (κ3) is 6.40. The highest BCUT2D eigenvalue weighted by molar-refractivity contribution is 4.65. The Hall–Kier alpha value is 0. The monoisotopic (exact) mass is 156 g/mol. The van der Waals surface area contributed by atoms with Gasteiger partial charge >= 0.3 is 0 Å². The molecule has 0 aliphatic heterocycles. The molecular formula is C11H24. The van der Waals surface area contributed by atoms with Crippen molar-refractivity contribution in [1.29, 1.82) is 0 Å². The van der Waals surface area contributed by atoms with Crippen LogP contribution >= 0.6 is 0 Å². The molecule has 0 heterocycles. The first-order chi connectivity index (χ1) is 5.35. The van der Waals surface area contributed by atoms with Gasteiger partial charge in [-0.25, -0.2) is 0 Å². The second-order valence-corrected chi connectivity index (χ2v) is 3.65. The van der Waals surface area contributed by atoms with Crippen LogP contribution < -0.4 is 0 Å². The van der Waals surface area contributed by atoms with E-state index in [1.54, 1.807) is 0 Å². The summed E-state index contributed by atoms with van der Waals surface area (Å²) in [5.41, 5.74) is 0. The van der Waals surface area contributed by atoms with Crippen LogP contribution in [0.3, 0.4) is 0 Å². The fourth-order valence-corrected chi connectivity index (χ4v) is 1.71. The molecule has 1 aliphatic rings. The average molecular weight is 156 g/mol. The van der Waals surface area contributed by atoms with Crippen molar-refractivity contribution in [2.24, 2.45) is 5.92 Å². The lowest BCUT2D eigenvalue weighted by atomic mass is 10.0. The topological polar surface area (TPSA) is 0 Å². The first kappa shape index (κ1) is 11.0. The lowest BCUT2D eigenvalue weighted by Gasteiger charge is -2.03. The Morgan fingerprint density at radius 1 is 1.00 bits per heavy atom. The lowest BCUT2D eigenvalue weighted by Crippen LogP contribution is -1.89. The Kier molecular flexibility index (Phi) is 8.10. The molecule has 0 aromatic carbocycles. The predicted molar refractivity (Wildman–Crippen MR) is 52.8 cm³/mol. The van der Waals surface area contributed by atoms with E-state index in [9.17, 15) is 0 Å². The quantitative estimate of drug-likeness (QED) is 0.556. The fourth-order valence-electron chi connectivity index (χ4n) is 1.71. The SMILES string of the molecule is CCC.CCCC1CCCC1. The van der Waals surface area contributed by atoms with E-state index < -0.39 is 0 Å². The molecule has 1 fully saturated rings. The molecule has 0 heteroatoms. The zero-order valence-corrected chi connectivity index (χ0v) is 8.53. The van der Waals surface area contributed by atoms with Crippen LogP contribution in [0.25, 0.3) is 0 Å². The van der Waals surface area contributed by atoms with Crippen molar-refractivity contribution in [2.45, 2.75) is 65.7 Å². The first-order valence-electron chi connectivity index (χ1n) is 5.35. The lowest BCUT2D eigenvalue weighted by molar-refractivity contribution is 0.496. The summed E-state index contributed by atoms with van der Waals surface area (Å²) in [4.78, 5) is 0. The Morgan fingerprint density at radius 3 is 1.82 bits per heavy atom. The van der Waals surface area contributed by atoms with E-state index in [0.29, 0.717) is 0 Å². The van der Waals surface area contributed by atoms with Gasteiger partial charge in [0.2, 0.25) is 0 Å². The second-order valence-electron chi connectivity index (χ2n) is 3.65. The molecule has 0 N–H and O–H groups in total. The molecule has 11 heavy (non-hydrogen) atoms. The minimum absolute atomic E-state index is 1.11. The molecule has 0 amide bonds. The molecule has 0 nitrogen and oxygen atoms in total. The van der Waals surface area contributed by atoms with Crippen LogP contribution in [0.1, 0.15) is 65.7 Å². The minimum Gasteiger partial charge on any atom is -0.0656 e. The summed E-state index contributed by atoms with van der Waals surface area (Å²) in [5, 5.41) is 0. The summed E-state index contributed by atoms with van der Waals surface area (Å²) in [6, 6.07) is 0. The zero-order chi connectivity index (χ0) is 8.53. The summed E-state index contributed by atoms with van der Waals surface area (Å²) < 4.78 is 0. The fraction of sp³-hybridized carbons (Fsp3) is 1.00. The van der Waals surface area contributed by atoms with Crippen molar-refractivity contribution in [3.8, 4) is 0 Å². The molecule has 0 aromatic rings. The van der Waals surface area contributed by atoms with Gasteiger partial charge in [-0.2, -0.15) is 0 Å². The molecule has 0 unspecified atom stereocenters. The van der Waals surface area contributed by atoms with Gasteiger partial charge in [0.25, 0.3) is 0 Å². The molecule has 0 atom stereocenters. The standard InChI is InChI=1S/C8H16.C3H8/c1-2-5-8-6-3-4-7-8;1-3-2/h8H,2-7H2,1H3;3H2,1-2H3. The summed E-state index contributed by atoms with van der Waals surface area (Å²) in [6.45, 7) is 6.54. The van der Waals surface area contributed by atoms with Gasteiger partial charge in [0.1, 0.15) is 0 Å². The summed E-state index contributed by atoms with van der Waals surface area (Å²) in [7, 11) is 0. The van der Waals surface area contributed by atoms with Gasteiger partial charge in [0, 0.05) is 0 Å². The van der Waals surface area contributed by atoms with E-state index in [2.05, 4.69) is 20.8 Å². The Balaban J connectivity index is 0.000000292. The van der Waals surface area contributed by atoms with E-state index in [1.165, 1.54) is 44.9 Å². The summed E-state index contributed by atoms with van der Waals surface area (Å²) >= 11 is 0. The van der Waals surface area contributed by atoms with Crippen molar-refractivity contribution in [3.63, 3.8) is 0 Å². The highest BCUT2D eigenvalue weighted by Gasteiger charge is 2.12. The Bertz CT molecular complexity index is 60.4. The molecule has 0 saturated heterocycles. The third-order valence-corrected chi connectivity index (χ3v) is 2.17. The Labute approximate surface area is 72.4 Å². The molecule has 68 valence electrons. The van der Waals surface area contributed by atoms with Gasteiger partial charge in [-0.3, -0.25) is 0 Å². The van der Waals surface area contributed by atoms with Gasteiger partial charge < -0.3 is 0 Å². The van der Waals surface area contributed by atoms with E-state index >= 15 is 0 Å². The molecule has 1 rings (SSSR count). The second kappa shape index (κ2) is 8.10. The van der Waals surface area contributed by atoms with E-state index in [0.717, 1.165) is 5.92 Å². The predicted octanol–water partition coefficient (Wildman–Crippen LogP) is 4.39. The normalized spacial score (nSPS) is 17.7. The highest BCUT2D eigenvalue weighted by atomic mass is 14.2. The molecular weight excluding hydrogens is 132 g/mol. The van der Waals surface area contributed by atoms with Crippen LogP contribution in [0.5, 0.6) is 0 Å². The van der Waals surface area contributed by atoms with Crippen molar-refractivity contribution in [1.82, 2.24) is 0 Å². The van der Waals surface area contributed by atoms with Gasteiger partial charge in [0.15, 0.2) is 0 Å². The zero-order valence-electron chi connectivity index (χ0n) is 8.53. The van der Waals surface area contributed by atoms with Crippen molar-refractivity contribution in [2.75, 3.05) is 0 Å². The van der Waals surface area contributed by atoms with Crippen LogP contribution in [0.15, 0.2) is 0 Å². The van der Waals surface area contributed by atoms with Gasteiger partial charge in [0.05, 0.1) is 0 Å². The molecule has 0 bridgehead atoms. The van der Waals surface area contributed by atoms with E-state index in [4.69, 9.17) is 0 Å². The maximum absolute atomic E-state index is 2.29. The van der Waals surface area contributed by atoms with E-state index in [-0.39, 0.29) is 0 Å². The maximum atomic E-state index is 2.29. The first-order valence-corrected chi connectivity index (χ1v) is 5.35. The van der Waals surface area contributed by atoms with E-state index in [1.807, 2.05) is 0 Å². The average Bonchev–Trinajstić information content (AvgIpc) is 2.42. The molecule has 1 aliphatic carbocycles. The highest BCUT2D eigenvalue weighted by Crippen LogP contribution is 2.27. The van der Waals surface area contributed by atoms with Crippen LogP contribution in [0, 0.1) is 5.92 Å². The largest absolute Gasteiger partial charge is 0.0656 e. The van der Waals surface area contributed by atoms with Crippen LogP contribution in [-0.4, -0.2) is 0 Å². The van der Waals surface area contributed by atoms with Crippen molar-refractivity contribution in [3.05, 3.63) is 0 Å². The summed E-state index contributed by atoms with van der Waals surface area (Å²) in [6.07, 6.45) is 10.2. The summed E-state index contributed by atoms with van der Waals surface area (Å²) in [5.74, 6) is 1.11. The van der Waals surface area contributed by atoms with Crippen molar-refractivity contribution >= 4 is 0 Å². The number of hydrogen-bond donors (Lipinski definition) is 0. The Morgan fingerprint density at radius 2 is 1.45 bits per heavy atom. The minimum atomic E-state index is 1.11. The van der Waals surface area contributed by atoms with Gasteiger partial charge in [-0.1, -0.05) is 65.7 Å². The molecule has 0 aromatic heterocycles. The third-order valence-electron chi connectivity index (χ3n) is 2.17. The molecule has 1 saturated carbocycles. The van der Waals surface area contributed by atoms with Crippen LogP contribution in [-0.2, 0) is 0 Å². The van der Waals surface area contributed by atoms with Crippen LogP contribution in [0.4, 0.5) is 0 Å². The van der Waals surface area contributed by atoms with Crippen LogP contribution in [0.2, 0.25) is 0 Å². The van der Waals surface area contributed by atoms with Gasteiger partial charge in [-0.15, -0.1) is 0 Å². The number of hydrogen-bond acceptors (Lipinski definition) is 0. The van der Waals surface area contributed by atoms with Gasteiger partial charge in [-0.05, 0) is 5.92 Å². The maximum Gasteiger partial charge on any atom is -0.0414 e.